The number of hydrogen-bond donors (Lipinski definition) is 1. The highest BCUT2D eigenvalue weighted by molar-refractivity contribution is 6.31. The van der Waals surface area contributed by atoms with Gasteiger partial charge in [0, 0.05) is 20.1 Å². The van der Waals surface area contributed by atoms with Crippen molar-refractivity contribution in [2.45, 2.75) is 40.2 Å². The molecule has 0 unspecified atom stereocenters. The highest BCUT2D eigenvalue weighted by Gasteiger charge is 2.07. The predicted octanol–water partition coefficient (Wildman–Crippen LogP) is 3.72. The maximum atomic E-state index is 6.20. The van der Waals surface area contributed by atoms with E-state index in [4.69, 9.17) is 11.6 Å². The van der Waals surface area contributed by atoms with Gasteiger partial charge in [0.25, 0.3) is 0 Å². The van der Waals surface area contributed by atoms with Crippen LogP contribution in [0.5, 0.6) is 0 Å². The van der Waals surface area contributed by atoms with Gasteiger partial charge in [-0.25, -0.2) is 4.98 Å². The quantitative estimate of drug-likeness (QED) is 0.788. The molecule has 0 bridgehead atoms. The van der Waals surface area contributed by atoms with E-state index in [1.165, 1.54) is 12.8 Å². The normalized spacial score (nSPS) is 11.1. The lowest BCUT2D eigenvalue weighted by molar-refractivity contribution is 0.548. The Bertz CT molecular complexity index is 380. The molecule has 1 aromatic heterocycles. The molecule has 0 saturated heterocycles. The third-order valence-electron chi connectivity index (χ3n) is 2.99. The molecule has 0 atom stereocenters. The minimum Gasteiger partial charge on any atom is -0.360 e. The Hall–Kier alpha value is -0.800. The number of pyridine rings is 1. The van der Waals surface area contributed by atoms with Crippen LogP contribution in [0.4, 0.5) is 5.82 Å². The highest BCUT2D eigenvalue weighted by Crippen LogP contribution is 2.19. The van der Waals surface area contributed by atoms with Crippen molar-refractivity contribution in [3.05, 3.63) is 22.8 Å². The van der Waals surface area contributed by atoms with Crippen LogP contribution >= 0.6 is 11.6 Å². The van der Waals surface area contributed by atoms with Gasteiger partial charge in [0.15, 0.2) is 0 Å². The molecule has 19 heavy (non-hydrogen) atoms. The van der Waals surface area contributed by atoms with E-state index in [0.717, 1.165) is 36.2 Å². The third-order valence-corrected chi connectivity index (χ3v) is 3.33. The topological polar surface area (TPSA) is 28.2 Å². The Balaban J connectivity index is 2.65. The van der Waals surface area contributed by atoms with Crippen molar-refractivity contribution in [2.24, 2.45) is 5.92 Å². The van der Waals surface area contributed by atoms with Gasteiger partial charge in [-0.2, -0.15) is 0 Å². The molecule has 0 amide bonds. The average Bonchev–Trinajstić information content (AvgIpc) is 2.37. The molecule has 1 heterocycles. The maximum absolute atomic E-state index is 6.20. The summed E-state index contributed by atoms with van der Waals surface area (Å²) >= 11 is 6.20. The van der Waals surface area contributed by atoms with Crippen molar-refractivity contribution >= 4 is 17.4 Å². The summed E-state index contributed by atoms with van der Waals surface area (Å²) < 4.78 is 0. The van der Waals surface area contributed by atoms with E-state index >= 15 is 0 Å². The zero-order valence-electron chi connectivity index (χ0n) is 12.5. The van der Waals surface area contributed by atoms with Gasteiger partial charge in [-0.15, -0.1) is 0 Å². The van der Waals surface area contributed by atoms with E-state index in [1.54, 1.807) is 0 Å². The summed E-state index contributed by atoms with van der Waals surface area (Å²) in [5.41, 5.74) is 0.933. The molecule has 0 saturated carbocycles. The minimum absolute atomic E-state index is 0.634. The lowest BCUT2D eigenvalue weighted by Crippen LogP contribution is -2.22. The van der Waals surface area contributed by atoms with Crippen LogP contribution in [0.3, 0.4) is 0 Å². The molecular weight excluding hydrogens is 258 g/mol. The molecule has 1 rings (SSSR count). The summed E-state index contributed by atoms with van der Waals surface area (Å²) in [5.74, 6) is 1.63. The number of unbranched alkanes of at least 4 members (excludes halogenated alkanes) is 1. The van der Waals surface area contributed by atoms with Crippen LogP contribution in [0, 0.1) is 5.92 Å². The second-order valence-corrected chi connectivity index (χ2v) is 5.81. The van der Waals surface area contributed by atoms with E-state index in [9.17, 15) is 0 Å². The summed E-state index contributed by atoms with van der Waals surface area (Å²) in [7, 11) is 2.08. The third kappa shape index (κ3) is 5.79. The molecule has 0 aromatic carbocycles. The Kier molecular flexibility index (Phi) is 7.17. The van der Waals surface area contributed by atoms with Crippen molar-refractivity contribution in [3.8, 4) is 0 Å². The first-order valence-corrected chi connectivity index (χ1v) is 7.49. The van der Waals surface area contributed by atoms with Crippen LogP contribution < -0.4 is 10.2 Å². The van der Waals surface area contributed by atoms with Gasteiger partial charge < -0.3 is 10.2 Å². The molecule has 0 spiro atoms. The maximum Gasteiger partial charge on any atom is 0.128 e. The standard InChI is InChI=1S/C15H26ClN3/c1-5-6-9-19(4)15-8-7-13(16)14(18-15)11-17-10-12(2)3/h7-8,12,17H,5-6,9-11H2,1-4H3. The summed E-state index contributed by atoms with van der Waals surface area (Å²) in [6, 6.07) is 3.93. The summed E-state index contributed by atoms with van der Waals surface area (Å²) in [6.07, 6.45) is 2.38. The van der Waals surface area contributed by atoms with Crippen LogP contribution in [0.25, 0.3) is 0 Å². The Labute approximate surface area is 122 Å². The number of anilines is 1. The molecule has 1 N–H and O–H groups in total. The zero-order valence-corrected chi connectivity index (χ0v) is 13.3. The second kappa shape index (κ2) is 8.39. The van der Waals surface area contributed by atoms with Gasteiger partial charge in [0.05, 0.1) is 10.7 Å². The molecule has 0 aliphatic heterocycles. The van der Waals surface area contributed by atoms with Crippen LogP contribution in [0.2, 0.25) is 5.02 Å². The van der Waals surface area contributed by atoms with Gasteiger partial charge in [-0.05, 0) is 31.0 Å². The smallest absolute Gasteiger partial charge is 0.128 e. The molecule has 0 aliphatic rings. The monoisotopic (exact) mass is 283 g/mol. The first kappa shape index (κ1) is 16.3. The Morgan fingerprint density at radius 3 is 2.74 bits per heavy atom. The van der Waals surface area contributed by atoms with E-state index in [1.807, 2.05) is 12.1 Å². The van der Waals surface area contributed by atoms with Crippen LogP contribution in [0.1, 0.15) is 39.3 Å². The van der Waals surface area contributed by atoms with E-state index in [2.05, 4.69) is 43.0 Å². The second-order valence-electron chi connectivity index (χ2n) is 5.40. The first-order chi connectivity index (χ1) is 9.04. The first-order valence-electron chi connectivity index (χ1n) is 7.11. The lowest BCUT2D eigenvalue weighted by atomic mass is 10.2. The molecular formula is C15H26ClN3. The number of aromatic nitrogens is 1. The fraction of sp³-hybridized carbons (Fsp3) is 0.667. The predicted molar refractivity (Wildman–Crippen MR) is 84.0 cm³/mol. The number of nitrogens with one attached hydrogen (secondary N) is 1. The zero-order chi connectivity index (χ0) is 14.3. The average molecular weight is 284 g/mol. The van der Waals surface area contributed by atoms with Crippen molar-refractivity contribution in [3.63, 3.8) is 0 Å². The van der Waals surface area contributed by atoms with E-state index < -0.39 is 0 Å². The molecule has 3 nitrogen and oxygen atoms in total. The fourth-order valence-corrected chi connectivity index (χ4v) is 1.97. The summed E-state index contributed by atoms with van der Waals surface area (Å²) in [6.45, 7) is 9.32. The van der Waals surface area contributed by atoms with Crippen LogP contribution in [-0.2, 0) is 6.54 Å². The number of rotatable bonds is 8. The van der Waals surface area contributed by atoms with Crippen molar-refractivity contribution in [1.82, 2.24) is 10.3 Å². The van der Waals surface area contributed by atoms with E-state index in [-0.39, 0.29) is 0 Å². The molecule has 0 aliphatic carbocycles. The Morgan fingerprint density at radius 2 is 2.11 bits per heavy atom. The Morgan fingerprint density at radius 1 is 1.37 bits per heavy atom. The SMILES string of the molecule is CCCCN(C)c1ccc(Cl)c(CNCC(C)C)n1. The van der Waals surface area contributed by atoms with Crippen molar-refractivity contribution in [2.75, 3.05) is 25.0 Å². The number of halogens is 1. The highest BCUT2D eigenvalue weighted by atomic mass is 35.5. The van der Waals surface area contributed by atoms with Gasteiger partial charge in [0.1, 0.15) is 5.82 Å². The van der Waals surface area contributed by atoms with E-state index in [0.29, 0.717) is 5.92 Å². The summed E-state index contributed by atoms with van der Waals surface area (Å²) in [5, 5.41) is 4.13. The minimum atomic E-state index is 0.634. The number of nitrogens with zero attached hydrogens (tertiary/aromatic N) is 2. The number of hydrogen-bond acceptors (Lipinski definition) is 3. The van der Waals surface area contributed by atoms with Crippen molar-refractivity contribution in [1.29, 1.82) is 0 Å². The van der Waals surface area contributed by atoms with Gasteiger partial charge in [0.2, 0.25) is 0 Å². The molecule has 0 radical (unpaired) electrons. The molecule has 4 heteroatoms. The molecule has 108 valence electrons. The van der Waals surface area contributed by atoms with Gasteiger partial charge in [-0.3, -0.25) is 0 Å². The lowest BCUT2D eigenvalue weighted by Gasteiger charge is -2.19. The van der Waals surface area contributed by atoms with Crippen LogP contribution in [0.15, 0.2) is 12.1 Å². The van der Waals surface area contributed by atoms with Gasteiger partial charge >= 0.3 is 0 Å². The summed E-state index contributed by atoms with van der Waals surface area (Å²) in [4.78, 5) is 6.84. The fourth-order valence-electron chi connectivity index (χ4n) is 1.80. The van der Waals surface area contributed by atoms with Crippen molar-refractivity contribution < 1.29 is 0 Å². The molecule has 1 aromatic rings. The molecule has 0 fully saturated rings. The van der Waals surface area contributed by atoms with Crippen LogP contribution in [-0.4, -0.2) is 25.1 Å². The largest absolute Gasteiger partial charge is 0.360 e. The van der Waals surface area contributed by atoms with Gasteiger partial charge in [-0.1, -0.05) is 38.8 Å².